The number of rotatable bonds is 6. The molecular formula is C24H29NO4S. The lowest BCUT2D eigenvalue weighted by molar-refractivity contribution is 0.179. The van der Waals surface area contributed by atoms with Crippen LogP contribution in [0, 0.1) is 11.3 Å². The van der Waals surface area contributed by atoms with Crippen molar-refractivity contribution >= 4 is 26.7 Å². The van der Waals surface area contributed by atoms with Crippen molar-refractivity contribution in [2.24, 2.45) is 11.3 Å². The first-order chi connectivity index (χ1) is 14.2. The number of aryl methyl sites for hydroxylation is 1. The molecule has 0 saturated heterocycles. The summed E-state index contributed by atoms with van der Waals surface area (Å²) in [6.07, 6.45) is 4.17. The summed E-state index contributed by atoms with van der Waals surface area (Å²) in [6.45, 7) is 6.91. The summed E-state index contributed by atoms with van der Waals surface area (Å²) in [6, 6.07) is 11.9. The maximum Gasteiger partial charge on any atom is 0.261 e. The summed E-state index contributed by atoms with van der Waals surface area (Å²) < 4.78 is 39.5. The van der Waals surface area contributed by atoms with Gasteiger partial charge in [0.1, 0.15) is 17.1 Å². The molecule has 30 heavy (non-hydrogen) atoms. The Hall–Kier alpha value is -2.47. The predicted molar refractivity (Wildman–Crippen MR) is 120 cm³/mol. The fourth-order valence-corrected chi connectivity index (χ4v) is 5.32. The van der Waals surface area contributed by atoms with Crippen molar-refractivity contribution in [2.45, 2.75) is 51.3 Å². The molecule has 3 aromatic rings. The van der Waals surface area contributed by atoms with Crippen LogP contribution in [0.3, 0.4) is 0 Å². The molecule has 5 nitrogen and oxygen atoms in total. The van der Waals surface area contributed by atoms with E-state index in [2.05, 4.69) is 25.5 Å². The minimum Gasteiger partial charge on any atom is -0.497 e. The van der Waals surface area contributed by atoms with Crippen molar-refractivity contribution in [2.75, 3.05) is 11.8 Å². The van der Waals surface area contributed by atoms with E-state index < -0.39 is 10.0 Å². The van der Waals surface area contributed by atoms with Crippen molar-refractivity contribution in [3.05, 3.63) is 53.8 Å². The maximum absolute atomic E-state index is 12.8. The Kier molecular flexibility index (Phi) is 5.30. The van der Waals surface area contributed by atoms with Gasteiger partial charge >= 0.3 is 0 Å². The topological polar surface area (TPSA) is 68.5 Å². The largest absolute Gasteiger partial charge is 0.497 e. The van der Waals surface area contributed by atoms with Crippen LogP contribution in [0.1, 0.15) is 44.9 Å². The van der Waals surface area contributed by atoms with Gasteiger partial charge in [0.25, 0.3) is 10.0 Å². The number of ether oxygens (including phenoxy) is 1. The third-order valence-corrected chi connectivity index (χ3v) is 8.08. The summed E-state index contributed by atoms with van der Waals surface area (Å²) in [5.74, 6) is 2.25. The van der Waals surface area contributed by atoms with Gasteiger partial charge in [0, 0.05) is 23.1 Å². The van der Waals surface area contributed by atoms with Crippen LogP contribution in [-0.2, 0) is 22.9 Å². The molecule has 0 spiro atoms. The third kappa shape index (κ3) is 3.81. The number of methoxy groups -OCH3 is 1. The lowest BCUT2D eigenvalue weighted by Gasteiger charge is -2.36. The van der Waals surface area contributed by atoms with E-state index >= 15 is 0 Å². The zero-order valence-electron chi connectivity index (χ0n) is 18.0. The molecule has 1 N–H and O–H groups in total. The van der Waals surface area contributed by atoms with E-state index in [0.29, 0.717) is 17.4 Å². The highest BCUT2D eigenvalue weighted by Crippen LogP contribution is 2.43. The number of hydrogen-bond donors (Lipinski definition) is 1. The normalized spacial score (nSPS) is 17.0. The molecule has 0 saturated carbocycles. The highest BCUT2D eigenvalue weighted by Gasteiger charge is 2.33. The molecule has 1 aromatic heterocycles. The summed E-state index contributed by atoms with van der Waals surface area (Å²) >= 11 is 0. The summed E-state index contributed by atoms with van der Waals surface area (Å²) in [5.41, 5.74) is 2.86. The fourth-order valence-electron chi connectivity index (χ4n) is 4.27. The Morgan fingerprint density at radius 3 is 2.57 bits per heavy atom. The first kappa shape index (κ1) is 20.8. The molecule has 4 rings (SSSR count). The van der Waals surface area contributed by atoms with Gasteiger partial charge in [0.2, 0.25) is 0 Å². The van der Waals surface area contributed by atoms with E-state index in [9.17, 15) is 8.42 Å². The summed E-state index contributed by atoms with van der Waals surface area (Å²) in [5, 5.41) is 1.01. The van der Waals surface area contributed by atoms with Gasteiger partial charge in [-0.15, -0.1) is 0 Å². The average Bonchev–Trinajstić information content (AvgIpc) is 3.10. The number of anilines is 1. The van der Waals surface area contributed by atoms with Gasteiger partial charge in [-0.2, -0.15) is 0 Å². The number of benzene rings is 2. The first-order valence-corrected chi connectivity index (χ1v) is 11.9. The third-order valence-electron chi connectivity index (χ3n) is 6.68. The molecule has 0 fully saturated rings. The molecule has 0 amide bonds. The van der Waals surface area contributed by atoms with Crippen LogP contribution in [0.25, 0.3) is 11.0 Å². The zero-order chi connectivity index (χ0) is 21.5. The Balaban J connectivity index is 1.64. The molecule has 1 heterocycles. The molecule has 6 heteroatoms. The number of fused-ring (bicyclic) bond motifs is 3. The first-order valence-electron chi connectivity index (χ1n) is 10.4. The number of sulfonamides is 1. The molecule has 0 bridgehead atoms. The molecular weight excluding hydrogens is 398 g/mol. The molecule has 0 unspecified atom stereocenters. The molecule has 2 aromatic carbocycles. The minimum absolute atomic E-state index is 0.197. The highest BCUT2D eigenvalue weighted by molar-refractivity contribution is 7.92. The van der Waals surface area contributed by atoms with E-state index in [1.807, 2.05) is 12.1 Å². The maximum atomic E-state index is 12.8. The lowest BCUT2D eigenvalue weighted by atomic mass is 9.69. The van der Waals surface area contributed by atoms with Crippen molar-refractivity contribution in [3.63, 3.8) is 0 Å². The molecule has 160 valence electrons. The van der Waals surface area contributed by atoms with E-state index in [-0.39, 0.29) is 10.3 Å². The molecule has 0 aliphatic heterocycles. The Bertz CT molecular complexity index is 1160. The Morgan fingerprint density at radius 1 is 1.17 bits per heavy atom. The monoisotopic (exact) mass is 427 g/mol. The van der Waals surface area contributed by atoms with Crippen molar-refractivity contribution in [1.82, 2.24) is 0 Å². The molecule has 1 aliphatic rings. The molecule has 0 radical (unpaired) electrons. The van der Waals surface area contributed by atoms with Crippen molar-refractivity contribution in [3.8, 4) is 5.75 Å². The second-order valence-electron chi connectivity index (χ2n) is 8.78. The van der Waals surface area contributed by atoms with Crippen LogP contribution in [0.15, 0.2) is 51.8 Å². The smallest absolute Gasteiger partial charge is 0.261 e. The quantitative estimate of drug-likeness (QED) is 0.541. The van der Waals surface area contributed by atoms with Gasteiger partial charge in [0.05, 0.1) is 12.0 Å². The summed E-state index contributed by atoms with van der Waals surface area (Å²) in [7, 11) is -2.14. The summed E-state index contributed by atoms with van der Waals surface area (Å²) in [4.78, 5) is 0.197. The van der Waals surface area contributed by atoms with Crippen LogP contribution in [-0.4, -0.2) is 15.5 Å². The second-order valence-corrected chi connectivity index (χ2v) is 10.5. The van der Waals surface area contributed by atoms with E-state index in [1.54, 1.807) is 25.3 Å². The van der Waals surface area contributed by atoms with Crippen molar-refractivity contribution in [1.29, 1.82) is 0 Å². The fraction of sp³-hybridized carbons (Fsp3) is 0.417. The number of hydrogen-bond acceptors (Lipinski definition) is 4. The van der Waals surface area contributed by atoms with E-state index in [4.69, 9.17) is 9.15 Å². The Labute approximate surface area is 178 Å². The SMILES string of the molecule is CCC(C)(C)[C@H]1CCc2oc3ccc(NS(=O)(=O)c4ccc(OC)cc4)cc3c2C1. The Morgan fingerprint density at radius 2 is 1.90 bits per heavy atom. The van der Waals surface area contributed by atoms with Crippen molar-refractivity contribution < 1.29 is 17.6 Å². The highest BCUT2D eigenvalue weighted by atomic mass is 32.2. The van der Waals surface area contributed by atoms with Crippen LogP contribution in [0.2, 0.25) is 0 Å². The van der Waals surface area contributed by atoms with Crippen LogP contribution >= 0.6 is 0 Å². The second kappa shape index (κ2) is 7.65. The van der Waals surface area contributed by atoms with Gasteiger partial charge in [-0.3, -0.25) is 4.72 Å². The van der Waals surface area contributed by atoms with Gasteiger partial charge in [0.15, 0.2) is 0 Å². The zero-order valence-corrected chi connectivity index (χ0v) is 18.8. The average molecular weight is 428 g/mol. The predicted octanol–water partition coefficient (Wildman–Crippen LogP) is 5.78. The van der Waals surface area contributed by atoms with E-state index in [1.165, 1.54) is 17.7 Å². The molecule has 1 aliphatic carbocycles. The van der Waals surface area contributed by atoms with E-state index in [0.717, 1.165) is 42.4 Å². The van der Waals surface area contributed by atoms with Gasteiger partial charge in [-0.05, 0) is 66.6 Å². The van der Waals surface area contributed by atoms with Crippen LogP contribution in [0.4, 0.5) is 5.69 Å². The van der Waals surface area contributed by atoms with Gasteiger partial charge in [-0.1, -0.05) is 27.2 Å². The standard InChI is InChI=1S/C24H29NO4S/c1-5-24(2,3)16-6-12-22-20(14-16)21-15-17(7-13-23(21)29-22)25-30(26,27)19-10-8-18(28-4)9-11-19/h7-11,13,15-16,25H,5-6,12,14H2,1-4H3/t16-/m0/s1. The number of nitrogens with one attached hydrogen (secondary N) is 1. The lowest BCUT2D eigenvalue weighted by Crippen LogP contribution is -2.28. The van der Waals surface area contributed by atoms with Crippen LogP contribution in [0.5, 0.6) is 5.75 Å². The van der Waals surface area contributed by atoms with Gasteiger partial charge in [-0.25, -0.2) is 8.42 Å². The number of furan rings is 1. The van der Waals surface area contributed by atoms with Gasteiger partial charge < -0.3 is 9.15 Å². The molecule has 1 atom stereocenters. The van der Waals surface area contributed by atoms with Crippen LogP contribution < -0.4 is 9.46 Å². The minimum atomic E-state index is -3.69.